The highest BCUT2D eigenvalue weighted by Crippen LogP contribution is 2.57. The van der Waals surface area contributed by atoms with E-state index in [-0.39, 0.29) is 5.75 Å². The monoisotopic (exact) mass is 368 g/mol. The molecular formula is C18H41O3PS. The summed E-state index contributed by atoms with van der Waals surface area (Å²) < 4.78 is 30.7. The third-order valence-corrected chi connectivity index (χ3v) is 11.1. The summed E-state index contributed by atoms with van der Waals surface area (Å²) >= 11 is 0. The summed E-state index contributed by atoms with van der Waals surface area (Å²) in [5, 5.41) is 0. The molecule has 23 heavy (non-hydrogen) atoms. The minimum atomic E-state index is -3.98. The third kappa shape index (κ3) is 17.0. The van der Waals surface area contributed by atoms with Crippen molar-refractivity contribution in [2.75, 3.05) is 30.4 Å². The topological polar surface area (TPSA) is 57.2 Å². The van der Waals surface area contributed by atoms with E-state index in [0.29, 0.717) is 6.42 Å². The van der Waals surface area contributed by atoms with Crippen LogP contribution in [0.1, 0.15) is 86.0 Å². The summed E-state index contributed by atoms with van der Waals surface area (Å²) in [6, 6.07) is 0. The summed E-state index contributed by atoms with van der Waals surface area (Å²) in [6.07, 6.45) is 14.5. The summed E-state index contributed by atoms with van der Waals surface area (Å²) in [5.41, 5.74) is 0. The lowest BCUT2D eigenvalue weighted by atomic mass is 10.1. The molecule has 0 unspecified atom stereocenters. The van der Waals surface area contributed by atoms with Gasteiger partial charge in [0.2, 0.25) is 0 Å². The first-order valence-electron chi connectivity index (χ1n) is 9.59. The Bertz CT molecular complexity index is 321. The van der Waals surface area contributed by atoms with Gasteiger partial charge in [0.15, 0.2) is 0 Å². The molecule has 0 heterocycles. The minimum Gasteiger partial charge on any atom is -0.748 e. The van der Waals surface area contributed by atoms with Crippen molar-refractivity contribution in [3.8, 4) is 0 Å². The van der Waals surface area contributed by atoms with Gasteiger partial charge in [-0.25, -0.2) is 8.42 Å². The summed E-state index contributed by atoms with van der Waals surface area (Å²) in [4.78, 5) is 0. The van der Waals surface area contributed by atoms with Crippen LogP contribution in [0.25, 0.3) is 0 Å². The molecule has 0 aliphatic rings. The van der Waals surface area contributed by atoms with Crippen molar-refractivity contribution in [2.24, 2.45) is 0 Å². The second kappa shape index (κ2) is 15.8. The Balaban J connectivity index is 0. The van der Waals surface area contributed by atoms with E-state index in [4.69, 9.17) is 0 Å². The van der Waals surface area contributed by atoms with Gasteiger partial charge in [-0.15, -0.1) is 0 Å². The predicted octanol–water partition coefficient (Wildman–Crippen LogP) is 5.76. The van der Waals surface area contributed by atoms with E-state index >= 15 is 0 Å². The van der Waals surface area contributed by atoms with E-state index in [1.165, 1.54) is 56.8 Å². The fourth-order valence-electron chi connectivity index (χ4n) is 2.75. The first-order chi connectivity index (χ1) is 10.8. The van der Waals surface area contributed by atoms with E-state index < -0.39 is 17.4 Å². The standard InChI is InChI=1S/C10H22O3S.C8H20P/c1-2-3-4-5-6-7-8-9-10-14(11,12)13;1-5-9(6-2,7-3)8-4/h2-10H2,1H3,(H,11,12,13);5-8H2,1-4H3/q;+1/p-1. The Morgan fingerprint density at radius 2 is 1.00 bits per heavy atom. The van der Waals surface area contributed by atoms with E-state index in [9.17, 15) is 13.0 Å². The van der Waals surface area contributed by atoms with Crippen LogP contribution in [0, 0.1) is 0 Å². The van der Waals surface area contributed by atoms with Crippen LogP contribution in [-0.4, -0.2) is 43.4 Å². The van der Waals surface area contributed by atoms with Gasteiger partial charge in [0.05, 0.1) is 34.8 Å². The largest absolute Gasteiger partial charge is 0.748 e. The molecule has 0 aromatic carbocycles. The maximum atomic E-state index is 10.2. The van der Waals surface area contributed by atoms with Gasteiger partial charge in [0.1, 0.15) is 0 Å². The van der Waals surface area contributed by atoms with Gasteiger partial charge in [-0.2, -0.15) is 0 Å². The van der Waals surface area contributed by atoms with Crippen LogP contribution >= 0.6 is 7.26 Å². The van der Waals surface area contributed by atoms with Crippen LogP contribution in [0.3, 0.4) is 0 Å². The van der Waals surface area contributed by atoms with Crippen LogP contribution in [0.5, 0.6) is 0 Å². The number of hydrogen-bond donors (Lipinski definition) is 0. The molecule has 0 atom stereocenters. The maximum absolute atomic E-state index is 10.2. The molecule has 0 rings (SSSR count). The molecule has 0 radical (unpaired) electrons. The van der Waals surface area contributed by atoms with Gasteiger partial charge < -0.3 is 4.55 Å². The molecule has 0 aliphatic carbocycles. The lowest BCUT2D eigenvalue weighted by Crippen LogP contribution is -2.04. The molecule has 0 fully saturated rings. The summed E-state index contributed by atoms with van der Waals surface area (Å²) in [5.74, 6) is -0.193. The smallest absolute Gasteiger partial charge is 0.0945 e. The first kappa shape index (κ1) is 25.6. The van der Waals surface area contributed by atoms with Gasteiger partial charge in [-0.05, 0) is 34.1 Å². The van der Waals surface area contributed by atoms with Crippen LogP contribution in [0.15, 0.2) is 0 Å². The normalized spacial score (nSPS) is 11.9. The zero-order valence-corrected chi connectivity index (χ0v) is 18.0. The molecular weight excluding hydrogens is 327 g/mol. The van der Waals surface area contributed by atoms with E-state index in [2.05, 4.69) is 34.6 Å². The van der Waals surface area contributed by atoms with Crippen molar-refractivity contribution >= 4 is 17.4 Å². The van der Waals surface area contributed by atoms with Gasteiger partial charge in [-0.1, -0.05) is 51.9 Å². The molecule has 142 valence electrons. The third-order valence-electron chi connectivity index (χ3n) is 4.93. The molecule has 0 saturated carbocycles. The van der Waals surface area contributed by atoms with Crippen molar-refractivity contribution < 1.29 is 13.0 Å². The van der Waals surface area contributed by atoms with Crippen LogP contribution in [-0.2, 0) is 10.1 Å². The zero-order chi connectivity index (χ0) is 18.2. The molecule has 0 aromatic heterocycles. The van der Waals surface area contributed by atoms with Crippen molar-refractivity contribution in [3.05, 3.63) is 0 Å². The van der Waals surface area contributed by atoms with E-state index in [1.54, 1.807) is 0 Å². The van der Waals surface area contributed by atoms with Crippen molar-refractivity contribution in [1.82, 2.24) is 0 Å². The van der Waals surface area contributed by atoms with Crippen molar-refractivity contribution in [1.29, 1.82) is 0 Å². The second-order valence-corrected chi connectivity index (χ2v) is 13.1. The first-order valence-corrected chi connectivity index (χ1v) is 13.7. The number of hydrogen-bond acceptors (Lipinski definition) is 3. The minimum absolute atomic E-state index is 0.193. The fourth-order valence-corrected chi connectivity index (χ4v) is 6.00. The van der Waals surface area contributed by atoms with Crippen LogP contribution < -0.4 is 0 Å². The second-order valence-electron chi connectivity index (χ2n) is 6.34. The molecule has 0 amide bonds. The highest BCUT2D eigenvalue weighted by molar-refractivity contribution is 7.85. The quantitative estimate of drug-likeness (QED) is 0.236. The van der Waals surface area contributed by atoms with Gasteiger partial charge >= 0.3 is 0 Å². The Hall–Kier alpha value is 0.340. The molecule has 0 bridgehead atoms. The predicted molar refractivity (Wildman–Crippen MR) is 106 cm³/mol. The molecule has 3 nitrogen and oxygen atoms in total. The van der Waals surface area contributed by atoms with Crippen LogP contribution in [0.4, 0.5) is 0 Å². The summed E-state index contributed by atoms with van der Waals surface area (Å²) in [6.45, 7) is 11.6. The van der Waals surface area contributed by atoms with E-state index in [0.717, 1.165) is 12.8 Å². The maximum Gasteiger partial charge on any atom is 0.0945 e. The number of rotatable bonds is 13. The van der Waals surface area contributed by atoms with E-state index in [1.807, 2.05) is 0 Å². The van der Waals surface area contributed by atoms with Gasteiger partial charge in [-0.3, -0.25) is 0 Å². The van der Waals surface area contributed by atoms with Gasteiger partial charge in [0, 0.05) is 13.0 Å². The summed E-state index contributed by atoms with van der Waals surface area (Å²) in [7, 11) is -4.40. The molecule has 5 heteroatoms. The lowest BCUT2D eigenvalue weighted by molar-refractivity contribution is 0.459. The Morgan fingerprint density at radius 3 is 1.26 bits per heavy atom. The number of unbranched alkanes of at least 4 members (excludes halogenated alkanes) is 7. The Morgan fingerprint density at radius 1 is 0.652 bits per heavy atom. The Labute approximate surface area is 147 Å². The fraction of sp³-hybridized carbons (Fsp3) is 1.00. The molecule has 0 spiro atoms. The van der Waals surface area contributed by atoms with Crippen LogP contribution in [0.2, 0.25) is 0 Å². The molecule has 0 saturated heterocycles. The average Bonchev–Trinajstić information content (AvgIpc) is 2.52. The van der Waals surface area contributed by atoms with Gasteiger partial charge in [0.25, 0.3) is 0 Å². The molecule has 0 aromatic rings. The zero-order valence-electron chi connectivity index (χ0n) is 16.3. The molecule has 0 N–H and O–H groups in total. The van der Waals surface area contributed by atoms with Crippen molar-refractivity contribution in [3.63, 3.8) is 0 Å². The SMILES string of the molecule is CCCCCCCCCCS(=O)(=O)[O-].CC[P+](CC)(CC)CC. The molecule has 0 aliphatic heterocycles. The Kier molecular flexibility index (Phi) is 17.6. The lowest BCUT2D eigenvalue weighted by Gasteiger charge is -2.20. The average molecular weight is 369 g/mol. The highest BCUT2D eigenvalue weighted by Gasteiger charge is 2.27. The highest BCUT2D eigenvalue weighted by atomic mass is 32.2. The van der Waals surface area contributed by atoms with Crippen molar-refractivity contribution in [2.45, 2.75) is 86.0 Å².